The number of alkyl halides is 3. The third-order valence-electron chi connectivity index (χ3n) is 4.68. The van der Waals surface area contributed by atoms with Crippen molar-refractivity contribution in [2.75, 3.05) is 17.7 Å². The zero-order chi connectivity index (χ0) is 24.3. The monoisotopic (exact) mass is 510 g/mol. The van der Waals surface area contributed by atoms with Crippen LogP contribution in [0.3, 0.4) is 0 Å². The van der Waals surface area contributed by atoms with Gasteiger partial charge in [-0.2, -0.15) is 13.2 Å². The molecule has 0 amide bonds. The van der Waals surface area contributed by atoms with E-state index in [-0.39, 0.29) is 28.0 Å². The zero-order valence-electron chi connectivity index (χ0n) is 17.4. The van der Waals surface area contributed by atoms with Gasteiger partial charge in [-0.3, -0.25) is 4.21 Å². The molecule has 7 nitrogen and oxygen atoms in total. The predicted molar refractivity (Wildman–Crippen MR) is 123 cm³/mol. The van der Waals surface area contributed by atoms with E-state index in [1.165, 1.54) is 30.6 Å². The maximum atomic E-state index is 12.5. The van der Waals surface area contributed by atoms with Crippen molar-refractivity contribution in [2.45, 2.75) is 17.6 Å². The number of nitrogens with zero attached hydrogens (tertiary/aromatic N) is 3. The molecule has 0 aliphatic carbocycles. The van der Waals surface area contributed by atoms with Gasteiger partial charge in [0.25, 0.3) is 0 Å². The number of rotatable bonds is 8. The number of anilines is 2. The molecule has 0 aliphatic rings. The van der Waals surface area contributed by atoms with Crippen LogP contribution < -0.4 is 10.1 Å². The molecule has 2 aromatic heterocycles. The van der Waals surface area contributed by atoms with E-state index in [4.69, 9.17) is 16.3 Å². The van der Waals surface area contributed by atoms with Crippen molar-refractivity contribution < 1.29 is 27.2 Å². The van der Waals surface area contributed by atoms with E-state index >= 15 is 0 Å². The van der Waals surface area contributed by atoms with Gasteiger partial charge in [0.2, 0.25) is 0 Å². The number of ether oxygens (including phenoxy) is 1. The van der Waals surface area contributed by atoms with Gasteiger partial charge in [0.1, 0.15) is 29.1 Å². The summed E-state index contributed by atoms with van der Waals surface area (Å²) < 4.78 is 57.1. The quantitative estimate of drug-likeness (QED) is 0.335. The molecule has 0 saturated heterocycles. The number of benzene rings is 2. The minimum absolute atomic E-state index is 0.00268. The third kappa shape index (κ3) is 5.66. The summed E-state index contributed by atoms with van der Waals surface area (Å²) in [5, 5.41) is 12.7. The molecule has 4 rings (SSSR count). The van der Waals surface area contributed by atoms with Gasteiger partial charge in [-0.15, -0.1) is 0 Å². The third-order valence-corrected chi connectivity index (χ3v) is 6.34. The fourth-order valence-electron chi connectivity index (χ4n) is 3.25. The molecule has 2 N–H and O–H groups in total. The first-order valence-electron chi connectivity index (χ1n) is 9.94. The number of aliphatic hydroxyl groups is 1. The van der Waals surface area contributed by atoms with Crippen molar-refractivity contribution >= 4 is 44.9 Å². The summed E-state index contributed by atoms with van der Waals surface area (Å²) in [6.45, 7) is 0.340. The maximum absolute atomic E-state index is 12.5. The molecule has 1 unspecified atom stereocenters. The first-order valence-corrected chi connectivity index (χ1v) is 11.6. The number of aliphatic hydroxyl groups excluding tert-OH is 1. The molecule has 0 radical (unpaired) electrons. The summed E-state index contributed by atoms with van der Waals surface area (Å²) in [6, 6.07) is 12.3. The Kier molecular flexibility index (Phi) is 7.05. The fraction of sp³-hybridized carbons (Fsp3) is 0.182. The average molecular weight is 511 g/mol. The Morgan fingerprint density at radius 1 is 1.15 bits per heavy atom. The molecule has 4 aromatic rings. The Labute approximate surface area is 199 Å². The van der Waals surface area contributed by atoms with Crippen molar-refractivity contribution in [3.8, 4) is 11.5 Å². The lowest BCUT2D eigenvalue weighted by molar-refractivity contribution is -0.105. The largest absolute Gasteiger partial charge is 0.456 e. The highest BCUT2D eigenvalue weighted by atomic mass is 35.5. The van der Waals surface area contributed by atoms with Gasteiger partial charge >= 0.3 is 6.18 Å². The lowest BCUT2D eigenvalue weighted by atomic mass is 10.3. The zero-order valence-corrected chi connectivity index (χ0v) is 19.0. The average Bonchev–Trinajstić information content (AvgIpc) is 3.19. The van der Waals surface area contributed by atoms with Crippen LogP contribution in [0.15, 0.2) is 66.0 Å². The molecule has 0 aliphatic heterocycles. The predicted octanol–water partition coefficient (Wildman–Crippen LogP) is 5.28. The maximum Gasteiger partial charge on any atom is 0.400 e. The van der Waals surface area contributed by atoms with Gasteiger partial charge in [0.05, 0.1) is 27.9 Å². The Morgan fingerprint density at radius 2 is 1.97 bits per heavy atom. The fourth-order valence-corrected chi connectivity index (χ4v) is 4.42. The molecule has 0 spiro atoms. The first-order chi connectivity index (χ1) is 16.2. The summed E-state index contributed by atoms with van der Waals surface area (Å²) in [7, 11) is -2.24. The van der Waals surface area contributed by atoms with E-state index in [1.54, 1.807) is 24.4 Å². The van der Waals surface area contributed by atoms with E-state index in [0.29, 0.717) is 23.6 Å². The van der Waals surface area contributed by atoms with E-state index in [2.05, 4.69) is 15.3 Å². The molecule has 0 saturated carbocycles. The SMILES string of the molecule is O=S(CC(F)(F)F)c1cccc(Oc2ccc(Nc3ncnc4ccn(CCO)c34)cc2Cl)c1. The highest BCUT2D eigenvalue weighted by Gasteiger charge is 2.31. The van der Waals surface area contributed by atoms with Crippen LogP contribution in [-0.4, -0.2) is 42.4 Å². The van der Waals surface area contributed by atoms with Gasteiger partial charge in [-0.05, 0) is 42.5 Å². The normalized spacial score (nSPS) is 12.6. The van der Waals surface area contributed by atoms with Gasteiger partial charge < -0.3 is 19.7 Å². The van der Waals surface area contributed by atoms with Crippen LogP contribution in [0.1, 0.15) is 0 Å². The van der Waals surface area contributed by atoms with E-state index in [0.717, 1.165) is 5.52 Å². The second kappa shape index (κ2) is 10.00. The lowest BCUT2D eigenvalue weighted by Crippen LogP contribution is -2.18. The molecule has 2 aromatic carbocycles. The molecule has 2 heterocycles. The molecule has 34 heavy (non-hydrogen) atoms. The van der Waals surface area contributed by atoms with Crippen LogP contribution in [0.25, 0.3) is 11.0 Å². The standard InChI is InChI=1S/C22H18ClF3N4O3S/c23-17-10-14(29-21-20-18(27-13-28-21)6-7-30(20)8-9-31)4-5-19(17)33-15-2-1-3-16(11-15)34(32)12-22(24,25)26/h1-7,10-11,13,31H,8-9,12H2,(H,27,28,29). The summed E-state index contributed by atoms with van der Waals surface area (Å²) in [5.74, 6) is -0.444. The highest BCUT2D eigenvalue weighted by Crippen LogP contribution is 2.34. The van der Waals surface area contributed by atoms with E-state index < -0.39 is 22.7 Å². The van der Waals surface area contributed by atoms with E-state index in [1.807, 2.05) is 10.6 Å². The van der Waals surface area contributed by atoms with Gasteiger partial charge in [-0.25, -0.2) is 9.97 Å². The van der Waals surface area contributed by atoms with Crippen LogP contribution in [0, 0.1) is 0 Å². The topological polar surface area (TPSA) is 89.3 Å². The summed E-state index contributed by atoms with van der Waals surface area (Å²) in [6.07, 6.45) is -1.31. The Bertz CT molecular complexity index is 1350. The smallest absolute Gasteiger partial charge is 0.400 e. The van der Waals surface area contributed by atoms with Crippen LogP contribution in [0.5, 0.6) is 11.5 Å². The number of nitrogens with one attached hydrogen (secondary N) is 1. The molecule has 178 valence electrons. The summed E-state index contributed by atoms with van der Waals surface area (Å²) in [4.78, 5) is 8.50. The van der Waals surface area contributed by atoms with Crippen molar-refractivity contribution in [2.24, 2.45) is 0 Å². The number of halogens is 4. The second-order valence-corrected chi connectivity index (χ2v) is 9.00. The molecular weight excluding hydrogens is 493 g/mol. The van der Waals surface area contributed by atoms with Crippen LogP contribution >= 0.6 is 11.6 Å². The molecule has 0 fully saturated rings. The minimum atomic E-state index is -4.54. The number of fused-ring (bicyclic) bond motifs is 1. The van der Waals surface area contributed by atoms with Gasteiger partial charge in [0, 0.05) is 23.3 Å². The second-order valence-electron chi connectivity index (χ2n) is 7.14. The van der Waals surface area contributed by atoms with Crippen molar-refractivity contribution in [1.82, 2.24) is 14.5 Å². The first kappa shape index (κ1) is 24.0. The summed E-state index contributed by atoms with van der Waals surface area (Å²) >= 11 is 6.37. The Morgan fingerprint density at radius 3 is 2.71 bits per heavy atom. The van der Waals surface area contributed by atoms with Gasteiger partial charge in [0.15, 0.2) is 5.82 Å². The van der Waals surface area contributed by atoms with Crippen LogP contribution in [-0.2, 0) is 17.3 Å². The van der Waals surface area contributed by atoms with Gasteiger partial charge in [-0.1, -0.05) is 17.7 Å². The van der Waals surface area contributed by atoms with Crippen molar-refractivity contribution in [3.63, 3.8) is 0 Å². The molecule has 12 heteroatoms. The van der Waals surface area contributed by atoms with E-state index in [9.17, 15) is 22.5 Å². The van der Waals surface area contributed by atoms with Crippen molar-refractivity contribution in [3.05, 3.63) is 66.1 Å². The number of hydrogen-bond donors (Lipinski definition) is 2. The lowest BCUT2D eigenvalue weighted by Gasteiger charge is -2.13. The van der Waals surface area contributed by atoms with Crippen LogP contribution in [0.2, 0.25) is 5.02 Å². The minimum Gasteiger partial charge on any atom is -0.456 e. The number of aromatic nitrogens is 3. The highest BCUT2D eigenvalue weighted by molar-refractivity contribution is 7.85. The van der Waals surface area contributed by atoms with Crippen LogP contribution in [0.4, 0.5) is 24.7 Å². The Hall–Kier alpha value is -3.15. The number of hydrogen-bond acceptors (Lipinski definition) is 6. The molecule has 1 atom stereocenters. The van der Waals surface area contributed by atoms with Crippen molar-refractivity contribution in [1.29, 1.82) is 0 Å². The molecular formula is C22H18ClF3N4O3S. The summed E-state index contributed by atoms with van der Waals surface area (Å²) in [5.41, 5.74) is 2.03. The Balaban J connectivity index is 1.53. The molecule has 0 bridgehead atoms.